The first-order valence-corrected chi connectivity index (χ1v) is 14.3. The summed E-state index contributed by atoms with van der Waals surface area (Å²) in [7, 11) is 6.86. The van der Waals surface area contributed by atoms with E-state index in [9.17, 15) is 34.2 Å². The van der Waals surface area contributed by atoms with Crippen LogP contribution >= 0.6 is 0 Å². The lowest BCUT2D eigenvalue weighted by Gasteiger charge is -2.52. The zero-order valence-electron chi connectivity index (χ0n) is 24.0. The van der Waals surface area contributed by atoms with Crippen molar-refractivity contribution < 1.29 is 34.2 Å². The van der Waals surface area contributed by atoms with Crippen molar-refractivity contribution in [3.05, 3.63) is 22.8 Å². The fourth-order valence-corrected chi connectivity index (χ4v) is 8.21. The normalized spacial score (nSPS) is 34.0. The van der Waals surface area contributed by atoms with Crippen LogP contribution in [0, 0.1) is 29.1 Å². The molecule has 11 nitrogen and oxygen atoms in total. The third-order valence-corrected chi connectivity index (χ3v) is 10.5. The molecule has 1 amide bonds. The molecule has 1 spiro atoms. The largest absolute Gasteiger partial charge is 0.507 e. The van der Waals surface area contributed by atoms with Gasteiger partial charge in [0.25, 0.3) is 0 Å². The van der Waals surface area contributed by atoms with Crippen LogP contribution in [0.2, 0.25) is 0 Å². The maximum atomic E-state index is 14.2. The third kappa shape index (κ3) is 3.92. The number of nitrogens with two attached hydrogens (primary N) is 1. The van der Waals surface area contributed by atoms with Gasteiger partial charge in [0.1, 0.15) is 5.75 Å². The van der Waals surface area contributed by atoms with Crippen LogP contribution in [0.25, 0.3) is 0 Å². The number of phenolic OH excluding ortho intramolecular Hbond substituents is 1. The summed E-state index contributed by atoms with van der Waals surface area (Å²) in [5.41, 5.74) is 5.10. The first kappa shape index (κ1) is 28.0. The summed E-state index contributed by atoms with van der Waals surface area (Å²) in [5.74, 6) is -10.2. The number of carbonyl (C=O) groups is 5. The SMILES string of the molecule is CN(C)c1cc(CN2CCC3(CC3)C2)c(O)c2c1C[C@H]1C[C@H]3[C@H](N(C)C)C(=O)C(C(N)=O)C(=O)[C@@]3(O)C(=O)C1C2=O. The van der Waals surface area contributed by atoms with E-state index in [0.29, 0.717) is 23.1 Å². The quantitative estimate of drug-likeness (QED) is 0.411. The maximum Gasteiger partial charge on any atom is 0.235 e. The number of hydrogen-bond acceptors (Lipinski definition) is 10. The number of anilines is 1. The molecule has 0 radical (unpaired) electrons. The maximum absolute atomic E-state index is 14.2. The Labute approximate surface area is 238 Å². The summed E-state index contributed by atoms with van der Waals surface area (Å²) in [6.07, 6.45) is 3.83. The lowest BCUT2D eigenvalue weighted by Crippen LogP contribution is -2.74. The molecular weight excluding hydrogens is 528 g/mol. The number of carbonyl (C=O) groups excluding carboxylic acids is 5. The molecule has 5 aliphatic rings. The number of ketones is 4. The van der Waals surface area contributed by atoms with Crippen LogP contribution in [0.5, 0.6) is 5.75 Å². The average Bonchev–Trinajstić information content (AvgIpc) is 3.52. The van der Waals surface area contributed by atoms with Crippen molar-refractivity contribution in [2.45, 2.75) is 50.3 Å². The van der Waals surface area contributed by atoms with E-state index < -0.39 is 64.4 Å². The molecule has 1 aromatic carbocycles. The fraction of sp³-hybridized carbons (Fsp3) is 0.633. The Hall–Kier alpha value is -3.15. The first-order valence-electron chi connectivity index (χ1n) is 14.3. The van der Waals surface area contributed by atoms with Gasteiger partial charge in [-0.1, -0.05) is 0 Å². The van der Waals surface area contributed by atoms with Crippen molar-refractivity contribution in [3.8, 4) is 5.75 Å². The third-order valence-electron chi connectivity index (χ3n) is 10.5. The number of rotatable bonds is 5. The predicted molar refractivity (Wildman–Crippen MR) is 147 cm³/mol. The molecule has 6 rings (SSSR count). The van der Waals surface area contributed by atoms with E-state index in [1.54, 1.807) is 14.1 Å². The molecule has 1 aliphatic heterocycles. The molecule has 2 unspecified atom stereocenters. The van der Waals surface area contributed by atoms with Crippen molar-refractivity contribution in [1.29, 1.82) is 0 Å². The Morgan fingerprint density at radius 2 is 1.78 bits per heavy atom. The van der Waals surface area contributed by atoms with Crippen molar-refractivity contribution in [2.75, 3.05) is 46.2 Å². The van der Waals surface area contributed by atoms with Gasteiger partial charge < -0.3 is 20.8 Å². The van der Waals surface area contributed by atoms with Gasteiger partial charge in [-0.25, -0.2) is 0 Å². The smallest absolute Gasteiger partial charge is 0.235 e. The van der Waals surface area contributed by atoms with Gasteiger partial charge in [0, 0.05) is 44.4 Å². The van der Waals surface area contributed by atoms with Crippen molar-refractivity contribution in [3.63, 3.8) is 0 Å². The zero-order chi connectivity index (χ0) is 29.8. The summed E-state index contributed by atoms with van der Waals surface area (Å²) >= 11 is 0. The van der Waals surface area contributed by atoms with Gasteiger partial charge in [-0.3, -0.25) is 33.8 Å². The highest BCUT2D eigenvalue weighted by atomic mass is 16.3. The molecular formula is C30H38N4O7. The molecule has 11 heteroatoms. The fourth-order valence-electron chi connectivity index (χ4n) is 8.21. The first-order chi connectivity index (χ1) is 19.2. The molecule has 0 aromatic heterocycles. The van der Waals surface area contributed by atoms with Gasteiger partial charge in [0.2, 0.25) is 5.91 Å². The van der Waals surface area contributed by atoms with Crippen LogP contribution in [0.4, 0.5) is 5.69 Å². The second-order valence-corrected chi connectivity index (χ2v) is 13.4. The van der Waals surface area contributed by atoms with Crippen LogP contribution in [0.1, 0.15) is 47.2 Å². The van der Waals surface area contributed by atoms with Gasteiger partial charge in [-0.2, -0.15) is 0 Å². The van der Waals surface area contributed by atoms with E-state index >= 15 is 0 Å². The number of likely N-dealkylation sites (N-methyl/N-ethyl adjacent to an activating group) is 1. The predicted octanol–water partition coefficient (Wildman–Crippen LogP) is -0.0811. The zero-order valence-corrected chi connectivity index (χ0v) is 24.0. The molecule has 4 fully saturated rings. The summed E-state index contributed by atoms with van der Waals surface area (Å²) < 4.78 is 0. The Balaban J connectivity index is 1.43. The highest BCUT2D eigenvalue weighted by Crippen LogP contribution is 2.54. The number of nitrogens with zero attached hydrogens (tertiary/aromatic N) is 3. The van der Waals surface area contributed by atoms with Crippen LogP contribution in [0.3, 0.4) is 0 Å². The molecule has 3 saturated carbocycles. The number of amides is 1. The Bertz CT molecular complexity index is 1400. The van der Waals surface area contributed by atoms with E-state index in [2.05, 4.69) is 4.90 Å². The number of aliphatic hydroxyl groups is 1. The molecule has 0 bridgehead atoms. The number of aromatic hydroxyl groups is 1. The topological polar surface area (TPSA) is 162 Å². The standard InChI is InChI=1S/C30H38N4O7/c1-32(2)18-11-15(12-34-8-7-29(13-34)5-6-29)23(35)20-16(18)9-14-10-17-22(33(3)4)25(37)21(28(31)40)27(39)30(17,41)26(38)19(14)24(20)36/h11,14,17,19,21-22,35,41H,5-10,12-13H2,1-4H3,(H2,31,40)/t14-,17-,19?,21?,22-,30-/m0/s1. The van der Waals surface area contributed by atoms with Crippen molar-refractivity contribution in [1.82, 2.24) is 9.80 Å². The van der Waals surface area contributed by atoms with Gasteiger partial charge in [0.05, 0.1) is 17.5 Å². The van der Waals surface area contributed by atoms with Gasteiger partial charge in [0.15, 0.2) is 34.7 Å². The molecule has 1 heterocycles. The molecule has 41 heavy (non-hydrogen) atoms. The molecule has 1 aromatic rings. The number of benzene rings is 1. The average molecular weight is 567 g/mol. The monoisotopic (exact) mass is 566 g/mol. The highest BCUT2D eigenvalue weighted by molar-refractivity contribution is 6.32. The minimum atomic E-state index is -2.72. The number of hydrogen-bond donors (Lipinski definition) is 3. The highest BCUT2D eigenvalue weighted by Gasteiger charge is 2.69. The Morgan fingerprint density at radius 3 is 2.34 bits per heavy atom. The van der Waals surface area contributed by atoms with Crippen LogP contribution in [-0.4, -0.2) is 102 Å². The number of Topliss-reactive ketones (excluding diaryl/α,β-unsaturated/α-hetero) is 4. The van der Waals surface area contributed by atoms with Crippen molar-refractivity contribution in [2.24, 2.45) is 34.8 Å². The van der Waals surface area contributed by atoms with E-state index in [1.807, 2.05) is 25.1 Å². The minimum absolute atomic E-state index is 0.0368. The van der Waals surface area contributed by atoms with Crippen LogP contribution in [0.15, 0.2) is 6.07 Å². The molecule has 4 N–H and O–H groups in total. The lowest BCUT2D eigenvalue weighted by molar-refractivity contribution is -0.181. The van der Waals surface area contributed by atoms with Crippen molar-refractivity contribution >= 4 is 34.7 Å². The second-order valence-electron chi connectivity index (χ2n) is 13.4. The molecule has 1 saturated heterocycles. The second kappa shape index (κ2) is 9.17. The summed E-state index contributed by atoms with van der Waals surface area (Å²) in [4.78, 5) is 72.8. The van der Waals surface area contributed by atoms with Gasteiger partial charge in [-0.15, -0.1) is 0 Å². The summed E-state index contributed by atoms with van der Waals surface area (Å²) in [6.45, 7) is 2.32. The number of fused-ring (bicyclic) bond motifs is 3. The molecule has 6 atom stereocenters. The Kier molecular flexibility index (Phi) is 6.26. The summed E-state index contributed by atoms with van der Waals surface area (Å²) in [6, 6.07) is 0.796. The van der Waals surface area contributed by atoms with Crippen LogP contribution < -0.4 is 10.6 Å². The molecule has 220 valence electrons. The minimum Gasteiger partial charge on any atom is -0.507 e. The number of primary amides is 1. The van der Waals surface area contributed by atoms with E-state index in [0.717, 1.165) is 25.2 Å². The van der Waals surface area contributed by atoms with Crippen LogP contribution in [-0.2, 0) is 32.1 Å². The lowest BCUT2D eigenvalue weighted by atomic mass is 9.52. The van der Waals surface area contributed by atoms with Gasteiger partial charge >= 0.3 is 0 Å². The van der Waals surface area contributed by atoms with E-state index in [1.165, 1.54) is 17.7 Å². The van der Waals surface area contributed by atoms with Gasteiger partial charge in [-0.05, 0) is 75.7 Å². The van der Waals surface area contributed by atoms with E-state index in [4.69, 9.17) is 5.73 Å². The number of likely N-dealkylation sites (tertiary alicyclic amines) is 1. The Morgan fingerprint density at radius 1 is 1.10 bits per heavy atom. The van der Waals surface area contributed by atoms with E-state index in [-0.39, 0.29) is 24.2 Å². The molecule has 4 aliphatic carbocycles. The number of phenols is 1. The summed E-state index contributed by atoms with van der Waals surface area (Å²) in [5, 5.41) is 23.3.